The van der Waals surface area contributed by atoms with E-state index in [2.05, 4.69) is 15.2 Å². The van der Waals surface area contributed by atoms with E-state index in [-0.39, 0.29) is 10.6 Å². The summed E-state index contributed by atoms with van der Waals surface area (Å²) in [5, 5.41) is 16.6. The molecule has 20 heavy (non-hydrogen) atoms. The van der Waals surface area contributed by atoms with Crippen LogP contribution in [0.3, 0.4) is 0 Å². The predicted octanol–water partition coefficient (Wildman–Crippen LogP) is 3.70. The maximum atomic E-state index is 12.6. The van der Waals surface area contributed by atoms with E-state index in [0.717, 1.165) is 23.9 Å². The van der Waals surface area contributed by atoms with E-state index in [1.54, 1.807) is 0 Å². The van der Waals surface area contributed by atoms with Crippen molar-refractivity contribution in [3.05, 3.63) is 23.4 Å². The monoisotopic (exact) mass is 334 g/mol. The van der Waals surface area contributed by atoms with Gasteiger partial charge in [0.15, 0.2) is 8.68 Å². The minimum Gasteiger partial charge on any atom is -0.235 e. The fourth-order valence-electron chi connectivity index (χ4n) is 1.16. The molecular formula is C10H5F3N4S3. The molecule has 0 fully saturated rings. The molecule has 0 aliphatic carbocycles. The van der Waals surface area contributed by atoms with Gasteiger partial charge in [0, 0.05) is 0 Å². The fraction of sp³-hybridized carbons (Fsp3) is 0.200. The molecule has 0 aromatic carbocycles. The minimum absolute atomic E-state index is 0.0221. The number of halogens is 3. The summed E-state index contributed by atoms with van der Waals surface area (Å²) >= 11 is 3.52. The highest BCUT2D eigenvalue weighted by atomic mass is 32.2. The van der Waals surface area contributed by atoms with Crippen LogP contribution in [0.1, 0.15) is 11.3 Å². The fourth-order valence-corrected chi connectivity index (χ4v) is 3.58. The summed E-state index contributed by atoms with van der Waals surface area (Å²) in [6.07, 6.45) is -2.73. The van der Waals surface area contributed by atoms with Gasteiger partial charge in [-0.25, -0.2) is 4.98 Å². The number of rotatable bonds is 3. The minimum atomic E-state index is -4.55. The van der Waals surface area contributed by atoms with Gasteiger partial charge >= 0.3 is 6.18 Å². The molecular weight excluding hydrogens is 329 g/mol. The van der Waals surface area contributed by atoms with E-state index in [9.17, 15) is 13.2 Å². The molecule has 0 unspecified atom stereocenters. The zero-order valence-electron chi connectivity index (χ0n) is 9.80. The van der Waals surface area contributed by atoms with Gasteiger partial charge in [-0.05, 0) is 30.2 Å². The van der Waals surface area contributed by atoms with E-state index >= 15 is 0 Å². The van der Waals surface area contributed by atoms with Gasteiger partial charge in [-0.2, -0.15) is 18.4 Å². The van der Waals surface area contributed by atoms with E-state index in [1.807, 2.05) is 12.3 Å². The highest BCUT2D eigenvalue weighted by Gasteiger charge is 2.33. The lowest BCUT2D eigenvalue weighted by Gasteiger charge is -2.07. The Morgan fingerprint density at radius 2 is 1.95 bits per heavy atom. The molecule has 10 heteroatoms. The topological polar surface area (TPSA) is 62.5 Å². The highest BCUT2D eigenvalue weighted by molar-refractivity contribution is 8.03. The lowest BCUT2D eigenvalue weighted by molar-refractivity contribution is -0.141. The second-order valence-corrected chi connectivity index (χ2v) is 6.57. The van der Waals surface area contributed by atoms with Crippen molar-refractivity contribution in [3.63, 3.8) is 0 Å². The maximum absolute atomic E-state index is 12.6. The Balaban J connectivity index is 2.36. The molecule has 0 aliphatic rings. The SMILES string of the molecule is CSc1nnc(Sc2nc(C(F)(F)F)ccc2C#N)s1. The molecule has 0 saturated carbocycles. The molecule has 0 N–H and O–H groups in total. The zero-order valence-corrected chi connectivity index (χ0v) is 12.3. The van der Waals surface area contributed by atoms with E-state index < -0.39 is 11.9 Å². The van der Waals surface area contributed by atoms with Gasteiger partial charge in [-0.1, -0.05) is 23.1 Å². The summed E-state index contributed by atoms with van der Waals surface area (Å²) in [5.74, 6) is 0. The van der Waals surface area contributed by atoms with Crippen LogP contribution in [-0.2, 0) is 6.18 Å². The van der Waals surface area contributed by atoms with Crippen LogP contribution in [0.15, 0.2) is 25.8 Å². The highest BCUT2D eigenvalue weighted by Crippen LogP contribution is 2.35. The lowest BCUT2D eigenvalue weighted by Crippen LogP contribution is -2.08. The van der Waals surface area contributed by atoms with Gasteiger partial charge in [-0.3, -0.25) is 0 Å². The number of nitriles is 1. The summed E-state index contributed by atoms with van der Waals surface area (Å²) in [7, 11) is 0. The average Bonchev–Trinajstić information content (AvgIpc) is 2.85. The van der Waals surface area contributed by atoms with Gasteiger partial charge in [0.1, 0.15) is 16.8 Å². The molecule has 4 nitrogen and oxygen atoms in total. The summed E-state index contributed by atoms with van der Waals surface area (Å²) in [5.41, 5.74) is -0.961. The first kappa shape index (κ1) is 15.1. The Morgan fingerprint density at radius 3 is 2.50 bits per heavy atom. The molecule has 0 spiro atoms. The third-order valence-corrected chi connectivity index (χ3v) is 4.97. The Kier molecular flexibility index (Phi) is 4.52. The number of nitrogens with zero attached hydrogens (tertiary/aromatic N) is 4. The van der Waals surface area contributed by atoms with Crippen molar-refractivity contribution < 1.29 is 13.2 Å². The lowest BCUT2D eigenvalue weighted by atomic mass is 10.2. The van der Waals surface area contributed by atoms with Crippen LogP contribution in [0.25, 0.3) is 0 Å². The first-order chi connectivity index (χ1) is 9.44. The predicted molar refractivity (Wildman–Crippen MR) is 69.8 cm³/mol. The quantitative estimate of drug-likeness (QED) is 0.798. The van der Waals surface area contributed by atoms with Gasteiger partial charge in [0.05, 0.1) is 5.56 Å². The van der Waals surface area contributed by atoms with Gasteiger partial charge in [0.2, 0.25) is 0 Å². The Bertz CT molecular complexity index is 662. The van der Waals surface area contributed by atoms with Crippen LogP contribution in [0.4, 0.5) is 13.2 Å². The first-order valence-corrected chi connectivity index (χ1v) is 7.83. The van der Waals surface area contributed by atoms with Crippen LogP contribution in [-0.4, -0.2) is 21.4 Å². The molecule has 0 atom stereocenters. The van der Waals surface area contributed by atoms with Crippen LogP contribution < -0.4 is 0 Å². The summed E-state index contributed by atoms with van der Waals surface area (Å²) < 4.78 is 39.0. The molecule has 2 rings (SSSR count). The van der Waals surface area contributed by atoms with E-state index in [0.29, 0.717) is 8.68 Å². The summed E-state index contributed by atoms with van der Waals surface area (Å²) in [4.78, 5) is 3.49. The smallest absolute Gasteiger partial charge is 0.235 e. The second kappa shape index (κ2) is 5.99. The molecule has 0 radical (unpaired) electrons. The number of thioether (sulfide) groups is 1. The Morgan fingerprint density at radius 1 is 1.25 bits per heavy atom. The number of hydrogen-bond acceptors (Lipinski definition) is 7. The molecule has 0 saturated heterocycles. The van der Waals surface area contributed by atoms with Gasteiger partial charge in [0.25, 0.3) is 0 Å². The standard InChI is InChI=1S/C10H5F3N4S3/c1-18-8-16-17-9(20-8)19-7-5(4-14)2-3-6(15-7)10(11,12)13/h2-3H,1H3. The van der Waals surface area contributed by atoms with Crippen molar-refractivity contribution in [3.8, 4) is 6.07 Å². The number of alkyl halides is 3. The van der Waals surface area contributed by atoms with Crippen molar-refractivity contribution in [2.45, 2.75) is 19.9 Å². The summed E-state index contributed by atoms with van der Waals surface area (Å²) in [6, 6.07) is 3.71. The van der Waals surface area contributed by atoms with E-state index in [4.69, 9.17) is 5.26 Å². The molecule has 104 valence electrons. The zero-order chi connectivity index (χ0) is 14.8. The van der Waals surface area contributed by atoms with Crippen LogP contribution in [0.2, 0.25) is 0 Å². The molecule has 0 bridgehead atoms. The van der Waals surface area contributed by atoms with Crippen molar-refractivity contribution in [2.24, 2.45) is 0 Å². The third kappa shape index (κ3) is 3.41. The largest absolute Gasteiger partial charge is 0.433 e. The number of aromatic nitrogens is 3. The van der Waals surface area contributed by atoms with Gasteiger partial charge in [-0.15, -0.1) is 10.2 Å². The van der Waals surface area contributed by atoms with E-state index in [1.165, 1.54) is 23.1 Å². The average molecular weight is 334 g/mol. The molecule has 0 amide bonds. The molecule has 2 aromatic rings. The summed E-state index contributed by atoms with van der Waals surface area (Å²) in [6.45, 7) is 0. The van der Waals surface area contributed by atoms with Crippen molar-refractivity contribution in [1.29, 1.82) is 5.26 Å². The number of hydrogen-bond donors (Lipinski definition) is 0. The first-order valence-electron chi connectivity index (χ1n) is 4.97. The van der Waals surface area contributed by atoms with Crippen LogP contribution in [0, 0.1) is 11.3 Å². The molecule has 0 aliphatic heterocycles. The molecule has 2 aromatic heterocycles. The second-order valence-electron chi connectivity index (χ2n) is 3.30. The maximum Gasteiger partial charge on any atom is 0.433 e. The third-order valence-electron chi connectivity index (χ3n) is 2.02. The molecule has 2 heterocycles. The Hall–Kier alpha value is -1.31. The number of pyridine rings is 1. The van der Waals surface area contributed by atoms with Crippen molar-refractivity contribution in [2.75, 3.05) is 6.26 Å². The van der Waals surface area contributed by atoms with Crippen LogP contribution in [0.5, 0.6) is 0 Å². The Labute approximate surface area is 124 Å². The van der Waals surface area contributed by atoms with Crippen molar-refractivity contribution in [1.82, 2.24) is 15.2 Å². The normalized spacial score (nSPS) is 11.3. The van der Waals surface area contributed by atoms with Crippen molar-refractivity contribution >= 4 is 34.9 Å². The van der Waals surface area contributed by atoms with Gasteiger partial charge < -0.3 is 0 Å². The van der Waals surface area contributed by atoms with Crippen LogP contribution >= 0.6 is 34.9 Å².